The predicted octanol–water partition coefficient (Wildman–Crippen LogP) is 14.9. The third-order valence-corrected chi connectivity index (χ3v) is 11.9. The van der Waals surface area contributed by atoms with Crippen LogP contribution in [0.1, 0.15) is 10.4 Å². The number of rotatable bonds is 8. The van der Waals surface area contributed by atoms with E-state index in [9.17, 15) is 0 Å². The minimum absolute atomic E-state index is 1.13. The van der Waals surface area contributed by atoms with Gasteiger partial charge in [-0.2, -0.15) is 0 Å². The van der Waals surface area contributed by atoms with Crippen LogP contribution in [-0.2, 0) is 0 Å². The van der Waals surface area contributed by atoms with Crippen LogP contribution in [0.2, 0.25) is 0 Å². The van der Waals surface area contributed by atoms with E-state index in [0.29, 0.717) is 0 Å². The smallest absolute Gasteiger partial charge is 0.0554 e. The van der Waals surface area contributed by atoms with Gasteiger partial charge in [0.2, 0.25) is 0 Å². The summed E-state index contributed by atoms with van der Waals surface area (Å²) in [4.78, 5) is 6.07. The molecule has 9 rings (SSSR count). The Kier molecular flexibility index (Phi) is 7.96. The fourth-order valence-corrected chi connectivity index (χ4v) is 9.66. The number of anilines is 6. The summed E-state index contributed by atoms with van der Waals surface area (Å²) in [5.74, 6) is 0. The molecule has 0 amide bonds. The molecule has 7 aromatic carbocycles. The Morgan fingerprint density at radius 1 is 0.471 bits per heavy atom. The van der Waals surface area contributed by atoms with Crippen molar-refractivity contribution in [3.8, 4) is 0 Å². The number of hydrogen-bond acceptors (Lipinski definition) is 4. The van der Waals surface area contributed by atoms with Crippen LogP contribution in [0, 0.1) is 6.92 Å². The van der Waals surface area contributed by atoms with Gasteiger partial charge in [-0.15, -0.1) is 22.7 Å². The molecular weight excluding hydrogens is 657 g/mol. The summed E-state index contributed by atoms with van der Waals surface area (Å²) in [6.07, 6.45) is 6.05. The number of hydrogen-bond donors (Lipinski definition) is 0. The highest BCUT2D eigenvalue weighted by molar-refractivity contribution is 7.26. The molecule has 51 heavy (non-hydrogen) atoms. The maximum atomic E-state index is 3.90. The van der Waals surface area contributed by atoms with Gasteiger partial charge in [0.15, 0.2) is 0 Å². The van der Waals surface area contributed by atoms with E-state index >= 15 is 0 Å². The summed E-state index contributed by atoms with van der Waals surface area (Å²) < 4.78 is 3.80. The molecule has 0 bridgehead atoms. The lowest BCUT2D eigenvalue weighted by Crippen LogP contribution is -2.10. The molecule has 0 aliphatic heterocycles. The Balaban J connectivity index is 1.26. The van der Waals surface area contributed by atoms with E-state index in [1.165, 1.54) is 62.8 Å². The Bertz CT molecular complexity index is 2680. The molecule has 0 fully saturated rings. The number of aryl methyl sites for hydroxylation is 1. The van der Waals surface area contributed by atoms with Crippen LogP contribution in [0.3, 0.4) is 0 Å². The van der Waals surface area contributed by atoms with E-state index < -0.39 is 0 Å². The number of nitrogens with zero attached hydrogens (tertiary/aromatic N) is 2. The first-order valence-electron chi connectivity index (χ1n) is 17.1. The Hall–Kier alpha value is -5.94. The van der Waals surface area contributed by atoms with Crippen LogP contribution in [-0.4, -0.2) is 0 Å². The van der Waals surface area contributed by atoms with Gasteiger partial charge in [-0.05, 0) is 90.7 Å². The lowest BCUT2D eigenvalue weighted by Gasteiger charge is -2.27. The SMILES string of the molecule is C=C/C=C\c1sc2cc(N(c3ccccc3)c3ccc4c(c3)sc3cccc(N(c5ccccc5)c5ccccc5)c34)c3ccccc3c2c1C. The van der Waals surface area contributed by atoms with Gasteiger partial charge in [0, 0.05) is 63.3 Å². The molecule has 2 heterocycles. The molecule has 0 saturated heterocycles. The van der Waals surface area contributed by atoms with Gasteiger partial charge < -0.3 is 9.80 Å². The van der Waals surface area contributed by atoms with Gasteiger partial charge in [0.05, 0.1) is 11.4 Å². The maximum absolute atomic E-state index is 3.90. The Morgan fingerprint density at radius 2 is 1.08 bits per heavy atom. The first kappa shape index (κ1) is 31.1. The van der Waals surface area contributed by atoms with Gasteiger partial charge in [-0.3, -0.25) is 0 Å². The number of allylic oxidation sites excluding steroid dienone is 2. The van der Waals surface area contributed by atoms with Crippen LogP contribution in [0.4, 0.5) is 34.1 Å². The van der Waals surface area contributed by atoms with Gasteiger partial charge in [0.1, 0.15) is 0 Å². The second-order valence-electron chi connectivity index (χ2n) is 12.6. The molecule has 0 aliphatic carbocycles. The van der Waals surface area contributed by atoms with Gasteiger partial charge >= 0.3 is 0 Å². The Labute approximate surface area is 306 Å². The van der Waals surface area contributed by atoms with Crippen LogP contribution in [0.25, 0.3) is 47.1 Å². The van der Waals surface area contributed by atoms with E-state index in [2.05, 4.69) is 187 Å². The highest BCUT2D eigenvalue weighted by atomic mass is 32.1. The zero-order valence-corrected chi connectivity index (χ0v) is 29.8. The van der Waals surface area contributed by atoms with Gasteiger partial charge in [0.25, 0.3) is 0 Å². The minimum Gasteiger partial charge on any atom is -0.310 e. The zero-order valence-electron chi connectivity index (χ0n) is 28.2. The molecule has 0 unspecified atom stereocenters. The van der Waals surface area contributed by atoms with Crippen LogP contribution >= 0.6 is 22.7 Å². The monoisotopic (exact) mass is 690 g/mol. The third kappa shape index (κ3) is 5.41. The second-order valence-corrected chi connectivity index (χ2v) is 14.8. The van der Waals surface area contributed by atoms with Crippen LogP contribution in [0.5, 0.6) is 0 Å². The van der Waals surface area contributed by atoms with Crippen molar-refractivity contribution in [2.75, 3.05) is 9.80 Å². The van der Waals surface area contributed by atoms with Crippen molar-refractivity contribution in [3.05, 3.63) is 187 Å². The molecule has 0 radical (unpaired) electrons. The highest BCUT2D eigenvalue weighted by Crippen LogP contribution is 2.49. The van der Waals surface area contributed by atoms with Crippen molar-refractivity contribution >= 4 is 104 Å². The van der Waals surface area contributed by atoms with Crippen molar-refractivity contribution in [1.82, 2.24) is 0 Å². The zero-order chi connectivity index (χ0) is 34.3. The molecule has 0 aliphatic rings. The summed E-state index contributed by atoms with van der Waals surface area (Å²) in [5.41, 5.74) is 8.19. The highest BCUT2D eigenvalue weighted by Gasteiger charge is 2.22. The lowest BCUT2D eigenvalue weighted by molar-refractivity contribution is 1.30. The summed E-state index contributed by atoms with van der Waals surface area (Å²) in [7, 11) is 0. The average molecular weight is 691 g/mol. The first-order valence-corrected chi connectivity index (χ1v) is 18.8. The molecule has 0 atom stereocenters. The van der Waals surface area contributed by atoms with Crippen molar-refractivity contribution in [1.29, 1.82) is 0 Å². The quantitative estimate of drug-likeness (QED) is 0.146. The van der Waals surface area contributed by atoms with E-state index in [1.54, 1.807) is 0 Å². The maximum Gasteiger partial charge on any atom is 0.0554 e. The van der Waals surface area contributed by atoms with E-state index in [1.807, 2.05) is 34.8 Å². The number of fused-ring (bicyclic) bond motifs is 6. The standard InChI is InChI=1S/C47H34N2S2/c1-3-4-26-42-32(2)46-38-24-15-14-23-37(38)41(31-45(46)50-42)49(35-21-12-7-13-22-35)36-28-29-39-44(30-36)51-43-27-16-25-40(47(39)43)48(33-17-8-5-9-18-33)34-19-10-6-11-20-34/h3-31H,1H2,2H3/b26-4-. The molecule has 0 spiro atoms. The fraction of sp³-hybridized carbons (Fsp3) is 0.0213. The second kappa shape index (κ2) is 13.1. The van der Waals surface area contributed by atoms with Crippen LogP contribution in [0.15, 0.2) is 176 Å². The summed E-state index contributed by atoms with van der Waals surface area (Å²) in [6, 6.07) is 57.0. The lowest BCUT2D eigenvalue weighted by atomic mass is 10.00. The molecule has 9 aromatic rings. The predicted molar refractivity (Wildman–Crippen MR) is 226 cm³/mol. The van der Waals surface area contributed by atoms with Crippen molar-refractivity contribution in [2.45, 2.75) is 6.92 Å². The third-order valence-electron chi connectivity index (χ3n) is 9.58. The molecule has 0 N–H and O–H groups in total. The van der Waals surface area contributed by atoms with Crippen molar-refractivity contribution in [3.63, 3.8) is 0 Å². The van der Waals surface area contributed by atoms with E-state index in [4.69, 9.17) is 0 Å². The van der Waals surface area contributed by atoms with Crippen molar-refractivity contribution in [2.24, 2.45) is 0 Å². The van der Waals surface area contributed by atoms with Crippen molar-refractivity contribution < 1.29 is 0 Å². The molecular formula is C47H34N2S2. The van der Waals surface area contributed by atoms with Crippen LogP contribution < -0.4 is 9.80 Å². The molecule has 4 heteroatoms. The summed E-state index contributed by atoms with van der Waals surface area (Å²) in [5, 5.41) is 6.35. The topological polar surface area (TPSA) is 6.48 Å². The largest absolute Gasteiger partial charge is 0.310 e. The molecule has 2 aromatic heterocycles. The first-order chi connectivity index (χ1) is 25.2. The Morgan fingerprint density at radius 3 is 1.73 bits per heavy atom. The minimum atomic E-state index is 1.13. The van der Waals surface area contributed by atoms with Gasteiger partial charge in [-0.25, -0.2) is 0 Å². The fourth-order valence-electron chi connectivity index (χ4n) is 7.32. The van der Waals surface area contributed by atoms with E-state index in [0.717, 1.165) is 22.7 Å². The number of thiophene rings is 2. The van der Waals surface area contributed by atoms with Gasteiger partial charge in [-0.1, -0.05) is 110 Å². The molecule has 244 valence electrons. The summed E-state index contributed by atoms with van der Waals surface area (Å²) in [6.45, 7) is 6.14. The number of para-hydroxylation sites is 3. The summed E-state index contributed by atoms with van der Waals surface area (Å²) >= 11 is 3.70. The normalized spacial score (nSPS) is 11.6. The molecule has 0 saturated carbocycles. The molecule has 2 nitrogen and oxygen atoms in total. The average Bonchev–Trinajstić information content (AvgIpc) is 3.72. The van der Waals surface area contributed by atoms with E-state index in [-0.39, 0.29) is 0 Å². The number of benzene rings is 7.